The van der Waals surface area contributed by atoms with Gasteiger partial charge in [-0.15, -0.1) is 0 Å². The van der Waals surface area contributed by atoms with Crippen molar-refractivity contribution in [2.75, 3.05) is 32.7 Å². The largest absolute Gasteiger partial charge is 0.340 e. The fraction of sp³-hybridized carbons (Fsp3) is 0.867. The van der Waals surface area contributed by atoms with E-state index < -0.39 is 0 Å². The van der Waals surface area contributed by atoms with Gasteiger partial charge in [0.1, 0.15) is 5.78 Å². The minimum atomic E-state index is 0.103. The van der Waals surface area contributed by atoms with Crippen LogP contribution in [0, 0.1) is 11.8 Å². The molecule has 0 aromatic rings. The van der Waals surface area contributed by atoms with Crippen LogP contribution < -0.4 is 0 Å². The van der Waals surface area contributed by atoms with E-state index in [9.17, 15) is 9.59 Å². The van der Waals surface area contributed by atoms with Gasteiger partial charge in [-0.1, -0.05) is 27.7 Å². The predicted molar refractivity (Wildman–Crippen MR) is 76.9 cm³/mol. The molecule has 1 saturated heterocycles. The van der Waals surface area contributed by atoms with Crippen molar-refractivity contribution in [1.29, 1.82) is 0 Å². The van der Waals surface area contributed by atoms with Crippen molar-refractivity contribution in [2.45, 2.75) is 40.5 Å². The van der Waals surface area contributed by atoms with Crippen LogP contribution in [0.15, 0.2) is 0 Å². The molecule has 0 aromatic carbocycles. The van der Waals surface area contributed by atoms with Gasteiger partial charge in [0.05, 0.1) is 6.54 Å². The van der Waals surface area contributed by atoms with Crippen molar-refractivity contribution in [1.82, 2.24) is 9.80 Å². The smallest absolute Gasteiger partial charge is 0.222 e. The van der Waals surface area contributed by atoms with Crippen molar-refractivity contribution >= 4 is 11.7 Å². The SMILES string of the molecule is CC(C)CCC(=O)N1CCN(CC(=O)C(C)C)CC1. The third kappa shape index (κ3) is 5.72. The Morgan fingerprint density at radius 2 is 1.58 bits per heavy atom. The monoisotopic (exact) mass is 268 g/mol. The summed E-state index contributed by atoms with van der Waals surface area (Å²) >= 11 is 0. The van der Waals surface area contributed by atoms with E-state index in [4.69, 9.17) is 0 Å². The Hall–Kier alpha value is -0.900. The lowest BCUT2D eigenvalue weighted by Crippen LogP contribution is -2.50. The summed E-state index contributed by atoms with van der Waals surface area (Å²) in [6.45, 7) is 11.9. The van der Waals surface area contributed by atoms with Crippen molar-refractivity contribution < 1.29 is 9.59 Å². The fourth-order valence-electron chi connectivity index (χ4n) is 2.13. The second-order valence-electron chi connectivity index (χ2n) is 6.21. The molecule has 1 amide bonds. The summed E-state index contributed by atoms with van der Waals surface area (Å²) in [6.07, 6.45) is 1.62. The highest BCUT2D eigenvalue weighted by atomic mass is 16.2. The first-order chi connectivity index (χ1) is 8.90. The Bertz CT molecular complexity index is 305. The number of hydrogen-bond acceptors (Lipinski definition) is 3. The Kier molecular flexibility index (Phi) is 6.49. The van der Waals surface area contributed by atoms with Gasteiger partial charge in [0.15, 0.2) is 0 Å². The van der Waals surface area contributed by atoms with Crippen LogP contribution in [0.5, 0.6) is 0 Å². The Morgan fingerprint density at radius 3 is 2.05 bits per heavy atom. The van der Waals surface area contributed by atoms with Gasteiger partial charge >= 0.3 is 0 Å². The second-order valence-corrected chi connectivity index (χ2v) is 6.21. The lowest BCUT2D eigenvalue weighted by atomic mass is 10.1. The van der Waals surface area contributed by atoms with Crippen LogP contribution in [0.3, 0.4) is 0 Å². The Labute approximate surface area is 117 Å². The van der Waals surface area contributed by atoms with Crippen LogP contribution in [0.4, 0.5) is 0 Å². The molecule has 0 atom stereocenters. The molecular weight excluding hydrogens is 240 g/mol. The molecule has 110 valence electrons. The zero-order valence-electron chi connectivity index (χ0n) is 12.8. The highest BCUT2D eigenvalue weighted by Gasteiger charge is 2.22. The van der Waals surface area contributed by atoms with Crippen molar-refractivity contribution in [3.63, 3.8) is 0 Å². The number of piperazine rings is 1. The quantitative estimate of drug-likeness (QED) is 0.737. The van der Waals surface area contributed by atoms with Crippen LogP contribution in [-0.2, 0) is 9.59 Å². The van der Waals surface area contributed by atoms with E-state index in [0.717, 1.165) is 32.6 Å². The first-order valence-electron chi connectivity index (χ1n) is 7.43. The zero-order valence-corrected chi connectivity index (χ0v) is 12.8. The van der Waals surface area contributed by atoms with Gasteiger partial charge in [0.2, 0.25) is 5.91 Å². The van der Waals surface area contributed by atoms with Crippen LogP contribution in [0.1, 0.15) is 40.5 Å². The van der Waals surface area contributed by atoms with Crippen LogP contribution in [0.2, 0.25) is 0 Å². The molecule has 4 heteroatoms. The molecule has 1 aliphatic heterocycles. The molecule has 4 nitrogen and oxygen atoms in total. The molecule has 0 aliphatic carbocycles. The molecule has 0 radical (unpaired) electrons. The Morgan fingerprint density at radius 1 is 1.00 bits per heavy atom. The summed E-state index contributed by atoms with van der Waals surface area (Å²) in [7, 11) is 0. The van der Waals surface area contributed by atoms with Gasteiger partial charge in [-0.25, -0.2) is 0 Å². The highest BCUT2D eigenvalue weighted by molar-refractivity contribution is 5.82. The van der Waals surface area contributed by atoms with Crippen molar-refractivity contribution in [3.05, 3.63) is 0 Å². The molecule has 1 aliphatic rings. The van der Waals surface area contributed by atoms with Gasteiger partial charge in [-0.2, -0.15) is 0 Å². The highest BCUT2D eigenvalue weighted by Crippen LogP contribution is 2.09. The maximum Gasteiger partial charge on any atom is 0.222 e. The maximum atomic E-state index is 12.0. The molecule has 1 heterocycles. The molecule has 0 aromatic heterocycles. The van der Waals surface area contributed by atoms with Gasteiger partial charge in [-0.05, 0) is 12.3 Å². The molecular formula is C15H28N2O2. The van der Waals surface area contributed by atoms with E-state index in [1.54, 1.807) is 0 Å². The summed E-state index contributed by atoms with van der Waals surface area (Å²) in [5.74, 6) is 1.24. The lowest BCUT2D eigenvalue weighted by Gasteiger charge is -2.34. The van der Waals surface area contributed by atoms with Crippen LogP contribution >= 0.6 is 0 Å². The third-order valence-corrected chi connectivity index (χ3v) is 3.68. The van der Waals surface area contributed by atoms with Crippen molar-refractivity contribution in [3.8, 4) is 0 Å². The summed E-state index contributed by atoms with van der Waals surface area (Å²) in [4.78, 5) is 27.8. The van der Waals surface area contributed by atoms with Crippen LogP contribution in [-0.4, -0.2) is 54.2 Å². The molecule has 0 unspecified atom stereocenters. The lowest BCUT2D eigenvalue weighted by molar-refractivity contribution is -0.133. The molecule has 0 N–H and O–H groups in total. The van der Waals surface area contributed by atoms with E-state index in [-0.39, 0.29) is 11.8 Å². The predicted octanol–water partition coefficient (Wildman–Crippen LogP) is 1.79. The normalized spacial score (nSPS) is 17.3. The number of Topliss-reactive ketones (excluding diaryl/α,β-unsaturated/α-hetero) is 1. The number of nitrogens with zero attached hydrogens (tertiary/aromatic N) is 2. The molecule has 0 spiro atoms. The van der Waals surface area contributed by atoms with E-state index >= 15 is 0 Å². The zero-order chi connectivity index (χ0) is 14.4. The number of ketones is 1. The van der Waals surface area contributed by atoms with Gasteiger partial charge in [0, 0.05) is 38.5 Å². The average Bonchev–Trinajstić information content (AvgIpc) is 2.36. The van der Waals surface area contributed by atoms with Crippen molar-refractivity contribution in [2.24, 2.45) is 11.8 Å². The average molecular weight is 268 g/mol. The van der Waals surface area contributed by atoms with E-state index in [0.29, 0.717) is 24.7 Å². The number of rotatable bonds is 6. The summed E-state index contributed by atoms with van der Waals surface area (Å²) in [5, 5.41) is 0. The maximum absolute atomic E-state index is 12.0. The first kappa shape index (κ1) is 16.2. The van der Waals surface area contributed by atoms with E-state index in [1.165, 1.54) is 0 Å². The molecule has 0 saturated carbocycles. The molecule has 1 rings (SSSR count). The summed E-state index contributed by atoms with van der Waals surface area (Å²) in [6, 6.07) is 0. The topological polar surface area (TPSA) is 40.6 Å². The van der Waals surface area contributed by atoms with Gasteiger partial charge < -0.3 is 4.90 Å². The Balaban J connectivity index is 2.28. The molecule has 0 bridgehead atoms. The summed E-state index contributed by atoms with van der Waals surface area (Å²) < 4.78 is 0. The minimum Gasteiger partial charge on any atom is -0.340 e. The molecule has 1 fully saturated rings. The second kappa shape index (κ2) is 7.63. The summed E-state index contributed by atoms with van der Waals surface area (Å²) in [5.41, 5.74) is 0. The standard InChI is InChI=1S/C15H28N2O2/c1-12(2)5-6-15(19)17-9-7-16(8-10-17)11-14(18)13(3)4/h12-13H,5-11H2,1-4H3. The minimum absolute atomic E-state index is 0.103. The first-order valence-corrected chi connectivity index (χ1v) is 7.43. The van der Waals surface area contributed by atoms with E-state index in [2.05, 4.69) is 18.7 Å². The van der Waals surface area contributed by atoms with E-state index in [1.807, 2.05) is 18.7 Å². The number of carbonyl (C=O) groups is 2. The third-order valence-electron chi connectivity index (χ3n) is 3.68. The number of amides is 1. The van der Waals surface area contributed by atoms with Crippen LogP contribution in [0.25, 0.3) is 0 Å². The fourth-order valence-corrected chi connectivity index (χ4v) is 2.13. The van der Waals surface area contributed by atoms with Gasteiger partial charge in [0.25, 0.3) is 0 Å². The number of carbonyl (C=O) groups excluding carboxylic acids is 2. The molecule has 19 heavy (non-hydrogen) atoms. The van der Waals surface area contributed by atoms with Gasteiger partial charge in [-0.3, -0.25) is 14.5 Å². The number of hydrogen-bond donors (Lipinski definition) is 0.